The molecule has 0 spiro atoms. The summed E-state index contributed by atoms with van der Waals surface area (Å²) in [5.41, 5.74) is -1.14. The molecule has 19 heavy (non-hydrogen) atoms. The molecule has 0 aliphatic carbocycles. The van der Waals surface area contributed by atoms with E-state index < -0.39 is 15.6 Å². The molecular formula is C13H30NO4S+. The van der Waals surface area contributed by atoms with Crippen molar-refractivity contribution < 1.29 is 22.5 Å². The minimum atomic E-state index is -4.13. The number of hydrogen-bond donors (Lipinski definition) is 1. The Hall–Kier alpha value is -0.170. The van der Waals surface area contributed by atoms with E-state index in [2.05, 4.69) is 6.92 Å². The van der Waals surface area contributed by atoms with Crippen molar-refractivity contribution in [2.75, 3.05) is 20.6 Å². The highest BCUT2D eigenvalue weighted by Gasteiger charge is 2.31. The van der Waals surface area contributed by atoms with Gasteiger partial charge in [0.25, 0.3) is 10.1 Å². The molecule has 0 aliphatic heterocycles. The first-order valence-electron chi connectivity index (χ1n) is 7.20. The quantitative estimate of drug-likeness (QED) is 0.275. The van der Waals surface area contributed by atoms with Crippen LogP contribution in [0.3, 0.4) is 0 Å². The van der Waals surface area contributed by atoms with Crippen LogP contribution in [-0.2, 0) is 15.0 Å². The molecule has 0 aromatic rings. The van der Waals surface area contributed by atoms with Gasteiger partial charge in [0.15, 0.2) is 0 Å². The summed E-state index contributed by atoms with van der Waals surface area (Å²) in [5.74, 6) is 0. The zero-order valence-corrected chi connectivity index (χ0v) is 13.6. The normalized spacial score (nSPS) is 14.6. The van der Waals surface area contributed by atoms with E-state index in [-0.39, 0.29) is 11.1 Å². The Balaban J connectivity index is 4.03. The summed E-state index contributed by atoms with van der Waals surface area (Å²) in [6.45, 7) is 4.62. The molecule has 0 saturated heterocycles. The first-order chi connectivity index (χ1) is 8.73. The fourth-order valence-corrected chi connectivity index (χ4v) is 2.75. The number of quaternary nitrogens is 1. The van der Waals surface area contributed by atoms with E-state index in [9.17, 15) is 8.42 Å². The van der Waals surface area contributed by atoms with Gasteiger partial charge in [0.2, 0.25) is 5.44 Å². The average molecular weight is 296 g/mol. The SMILES string of the molecule is CCCCCCCC[N+](C)(C)OC(CC)S(=O)(=O)O. The van der Waals surface area contributed by atoms with Gasteiger partial charge in [-0.15, -0.1) is 0 Å². The van der Waals surface area contributed by atoms with Crippen LogP contribution in [0.25, 0.3) is 0 Å². The molecule has 0 heterocycles. The maximum atomic E-state index is 11.1. The Bertz CT molecular complexity index is 328. The number of rotatable bonds is 11. The molecule has 6 heteroatoms. The van der Waals surface area contributed by atoms with Crippen LogP contribution in [0.4, 0.5) is 0 Å². The third-order valence-electron chi connectivity index (χ3n) is 3.12. The van der Waals surface area contributed by atoms with Crippen LogP contribution in [-0.4, -0.2) is 43.7 Å². The minimum Gasteiger partial charge on any atom is -0.283 e. The molecule has 5 nitrogen and oxygen atoms in total. The molecule has 0 saturated carbocycles. The molecular weight excluding hydrogens is 266 g/mol. The Kier molecular flexibility index (Phi) is 8.81. The highest BCUT2D eigenvalue weighted by atomic mass is 32.2. The summed E-state index contributed by atoms with van der Waals surface area (Å²) in [6.07, 6.45) is 7.35. The number of unbranched alkanes of at least 4 members (excludes halogenated alkanes) is 5. The second kappa shape index (κ2) is 8.89. The van der Waals surface area contributed by atoms with Crippen molar-refractivity contribution in [3.8, 4) is 0 Å². The van der Waals surface area contributed by atoms with E-state index >= 15 is 0 Å². The Morgan fingerprint density at radius 2 is 1.58 bits per heavy atom. The monoisotopic (exact) mass is 296 g/mol. The smallest absolute Gasteiger partial charge is 0.283 e. The van der Waals surface area contributed by atoms with Crippen molar-refractivity contribution in [2.24, 2.45) is 0 Å². The minimum absolute atomic E-state index is 0.159. The molecule has 116 valence electrons. The topological polar surface area (TPSA) is 63.6 Å². The van der Waals surface area contributed by atoms with E-state index in [1.54, 1.807) is 6.92 Å². The average Bonchev–Trinajstić information content (AvgIpc) is 2.29. The molecule has 0 aliphatic rings. The first-order valence-corrected chi connectivity index (χ1v) is 8.71. The lowest BCUT2D eigenvalue weighted by atomic mass is 10.1. The van der Waals surface area contributed by atoms with Gasteiger partial charge in [-0.2, -0.15) is 17.9 Å². The molecule has 0 aromatic heterocycles. The van der Waals surface area contributed by atoms with E-state index in [1.807, 2.05) is 14.1 Å². The molecule has 0 aromatic carbocycles. The maximum absolute atomic E-state index is 11.1. The summed E-state index contributed by atoms with van der Waals surface area (Å²) in [6, 6.07) is 0. The summed E-state index contributed by atoms with van der Waals surface area (Å²) in [5, 5.41) is 0. The Labute approximate surface area is 118 Å². The highest BCUT2D eigenvalue weighted by molar-refractivity contribution is 7.86. The van der Waals surface area contributed by atoms with Crippen molar-refractivity contribution >= 4 is 10.1 Å². The van der Waals surface area contributed by atoms with Crippen LogP contribution in [0.5, 0.6) is 0 Å². The molecule has 0 bridgehead atoms. The predicted octanol–water partition coefficient (Wildman–Crippen LogP) is 2.98. The van der Waals surface area contributed by atoms with E-state index in [4.69, 9.17) is 9.39 Å². The Morgan fingerprint density at radius 3 is 2.05 bits per heavy atom. The van der Waals surface area contributed by atoms with Crippen molar-refractivity contribution in [1.29, 1.82) is 0 Å². The summed E-state index contributed by atoms with van der Waals surface area (Å²) < 4.78 is 31.4. The second-order valence-corrected chi connectivity index (χ2v) is 7.08. The molecule has 0 radical (unpaired) electrons. The third-order valence-corrected chi connectivity index (χ3v) is 4.20. The van der Waals surface area contributed by atoms with E-state index in [1.165, 1.54) is 25.7 Å². The van der Waals surface area contributed by atoms with Crippen LogP contribution in [0, 0.1) is 0 Å². The van der Waals surface area contributed by atoms with Gasteiger partial charge in [0, 0.05) is 0 Å². The maximum Gasteiger partial charge on any atom is 0.298 e. The predicted molar refractivity (Wildman–Crippen MR) is 77.1 cm³/mol. The van der Waals surface area contributed by atoms with Gasteiger partial charge in [-0.1, -0.05) is 39.5 Å². The van der Waals surface area contributed by atoms with Gasteiger partial charge in [-0.3, -0.25) is 4.55 Å². The van der Waals surface area contributed by atoms with Crippen molar-refractivity contribution in [3.05, 3.63) is 0 Å². The van der Waals surface area contributed by atoms with Crippen LogP contribution >= 0.6 is 0 Å². The molecule has 1 N–H and O–H groups in total. The Morgan fingerprint density at radius 1 is 1.05 bits per heavy atom. The van der Waals surface area contributed by atoms with Crippen LogP contribution in [0.15, 0.2) is 0 Å². The summed E-state index contributed by atoms with van der Waals surface area (Å²) >= 11 is 0. The van der Waals surface area contributed by atoms with Gasteiger partial charge < -0.3 is 0 Å². The molecule has 0 rings (SSSR count). The lowest BCUT2D eigenvalue weighted by Gasteiger charge is -2.29. The lowest BCUT2D eigenvalue weighted by molar-refractivity contribution is -1.08. The van der Waals surface area contributed by atoms with Gasteiger partial charge in [0.1, 0.15) is 6.54 Å². The van der Waals surface area contributed by atoms with Crippen molar-refractivity contribution in [1.82, 2.24) is 0 Å². The van der Waals surface area contributed by atoms with Gasteiger partial charge >= 0.3 is 0 Å². The molecule has 1 atom stereocenters. The highest BCUT2D eigenvalue weighted by Crippen LogP contribution is 2.14. The first kappa shape index (κ1) is 18.8. The zero-order chi connectivity index (χ0) is 14.9. The zero-order valence-electron chi connectivity index (χ0n) is 12.8. The summed E-state index contributed by atoms with van der Waals surface area (Å²) in [7, 11) is -0.490. The largest absolute Gasteiger partial charge is 0.298 e. The number of nitrogens with zero attached hydrogens (tertiary/aromatic N) is 1. The van der Waals surface area contributed by atoms with E-state index in [0.717, 1.165) is 19.4 Å². The van der Waals surface area contributed by atoms with Crippen LogP contribution < -0.4 is 0 Å². The van der Waals surface area contributed by atoms with Gasteiger partial charge in [-0.05, 0) is 19.3 Å². The number of hydroxylamine groups is 3. The van der Waals surface area contributed by atoms with Gasteiger partial charge in [0.05, 0.1) is 14.1 Å². The molecule has 1 unspecified atom stereocenters. The summed E-state index contributed by atoms with van der Waals surface area (Å²) in [4.78, 5) is 5.48. The van der Waals surface area contributed by atoms with Gasteiger partial charge in [-0.25, -0.2) is 0 Å². The second-order valence-electron chi connectivity index (χ2n) is 5.52. The number of hydrogen-bond acceptors (Lipinski definition) is 3. The fourth-order valence-electron chi connectivity index (χ4n) is 1.98. The van der Waals surface area contributed by atoms with Crippen molar-refractivity contribution in [2.45, 2.75) is 64.2 Å². The molecule has 0 fully saturated rings. The van der Waals surface area contributed by atoms with Crippen LogP contribution in [0.2, 0.25) is 0 Å². The standard InChI is InChI=1S/C13H29NO4S/c1-5-7-8-9-10-11-12-14(3,4)18-13(6-2)19(15,16)17/h13H,5-12H2,1-4H3/p+1. The third kappa shape index (κ3) is 9.38. The lowest BCUT2D eigenvalue weighted by Crippen LogP contribution is -2.45. The van der Waals surface area contributed by atoms with Crippen LogP contribution in [0.1, 0.15) is 58.8 Å². The van der Waals surface area contributed by atoms with Crippen molar-refractivity contribution in [3.63, 3.8) is 0 Å². The van der Waals surface area contributed by atoms with E-state index in [0.29, 0.717) is 0 Å². The molecule has 0 amide bonds. The fraction of sp³-hybridized carbons (Fsp3) is 1.00.